The van der Waals surface area contributed by atoms with Crippen LogP contribution >= 0.6 is 15.9 Å². The first-order chi connectivity index (χ1) is 8.97. The van der Waals surface area contributed by atoms with Crippen LogP contribution in [-0.2, 0) is 0 Å². The molecule has 98 valence electrons. The standard InChI is InChI=1S/C12H8BrFN2O3/c1-7-2-3-9(16(17)18)5-11(7)19-12-10(14)4-8(13)6-15-12/h2-6H,1H3. The van der Waals surface area contributed by atoms with Crippen LogP contribution in [0.3, 0.4) is 0 Å². The zero-order chi connectivity index (χ0) is 14.0. The van der Waals surface area contributed by atoms with Crippen molar-refractivity contribution in [3.8, 4) is 11.6 Å². The van der Waals surface area contributed by atoms with E-state index in [2.05, 4.69) is 20.9 Å². The molecule has 0 amide bonds. The molecule has 7 heteroatoms. The van der Waals surface area contributed by atoms with E-state index in [9.17, 15) is 14.5 Å². The monoisotopic (exact) mass is 326 g/mol. The van der Waals surface area contributed by atoms with E-state index in [1.165, 1.54) is 30.5 Å². The van der Waals surface area contributed by atoms with Crippen molar-refractivity contribution in [3.63, 3.8) is 0 Å². The maximum Gasteiger partial charge on any atom is 0.273 e. The van der Waals surface area contributed by atoms with Gasteiger partial charge in [0.1, 0.15) is 5.75 Å². The van der Waals surface area contributed by atoms with E-state index < -0.39 is 10.7 Å². The van der Waals surface area contributed by atoms with E-state index in [4.69, 9.17) is 4.74 Å². The molecule has 2 rings (SSSR count). The Kier molecular flexibility index (Phi) is 3.75. The van der Waals surface area contributed by atoms with E-state index in [0.29, 0.717) is 10.0 Å². The van der Waals surface area contributed by atoms with Gasteiger partial charge in [0.05, 0.1) is 11.0 Å². The number of ether oxygens (including phenoxy) is 1. The third kappa shape index (κ3) is 3.05. The van der Waals surface area contributed by atoms with Crippen LogP contribution < -0.4 is 4.74 Å². The number of nitro benzene ring substituents is 1. The molecule has 0 spiro atoms. The van der Waals surface area contributed by atoms with Crippen molar-refractivity contribution in [1.82, 2.24) is 4.98 Å². The van der Waals surface area contributed by atoms with E-state index in [1.54, 1.807) is 6.92 Å². The Morgan fingerprint density at radius 3 is 2.79 bits per heavy atom. The number of nitrogens with zero attached hydrogens (tertiary/aromatic N) is 2. The lowest BCUT2D eigenvalue weighted by Crippen LogP contribution is -1.95. The van der Waals surface area contributed by atoms with Gasteiger partial charge >= 0.3 is 0 Å². The largest absolute Gasteiger partial charge is 0.436 e. The van der Waals surface area contributed by atoms with Crippen molar-refractivity contribution >= 4 is 21.6 Å². The van der Waals surface area contributed by atoms with E-state index in [0.717, 1.165) is 0 Å². The second-order valence-corrected chi connectivity index (χ2v) is 4.67. The SMILES string of the molecule is Cc1ccc([N+](=O)[O-])cc1Oc1ncc(Br)cc1F. The third-order valence-electron chi connectivity index (χ3n) is 2.36. The molecule has 0 bridgehead atoms. The third-order valence-corrected chi connectivity index (χ3v) is 2.80. The van der Waals surface area contributed by atoms with E-state index in [1.807, 2.05) is 0 Å². The molecular formula is C12H8BrFN2O3. The summed E-state index contributed by atoms with van der Waals surface area (Å²) in [5, 5.41) is 10.7. The molecule has 0 aliphatic heterocycles. The average molecular weight is 327 g/mol. The summed E-state index contributed by atoms with van der Waals surface area (Å²) in [5.74, 6) is -0.685. The van der Waals surface area contributed by atoms with Gasteiger partial charge in [-0.2, -0.15) is 0 Å². The van der Waals surface area contributed by atoms with Gasteiger partial charge in [-0.3, -0.25) is 10.1 Å². The van der Waals surface area contributed by atoms with Gasteiger partial charge in [0.25, 0.3) is 11.6 Å². The van der Waals surface area contributed by atoms with Crippen LogP contribution in [0.2, 0.25) is 0 Å². The van der Waals surface area contributed by atoms with Gasteiger partial charge in [0, 0.05) is 16.7 Å². The van der Waals surface area contributed by atoms with Crippen molar-refractivity contribution in [2.24, 2.45) is 0 Å². The summed E-state index contributed by atoms with van der Waals surface area (Å²) < 4.78 is 19.3. The predicted molar refractivity (Wildman–Crippen MR) is 69.8 cm³/mol. The lowest BCUT2D eigenvalue weighted by Gasteiger charge is -2.08. The zero-order valence-electron chi connectivity index (χ0n) is 9.76. The van der Waals surface area contributed by atoms with Gasteiger partial charge in [-0.15, -0.1) is 0 Å². The number of aromatic nitrogens is 1. The van der Waals surface area contributed by atoms with Crippen LogP contribution in [0.4, 0.5) is 10.1 Å². The Morgan fingerprint density at radius 2 is 2.16 bits per heavy atom. The number of aryl methyl sites for hydroxylation is 1. The number of pyridine rings is 1. The highest BCUT2D eigenvalue weighted by molar-refractivity contribution is 9.10. The molecule has 5 nitrogen and oxygen atoms in total. The number of non-ortho nitro benzene ring substituents is 1. The van der Waals surface area contributed by atoms with Crippen molar-refractivity contribution in [3.05, 3.63) is 56.4 Å². The van der Waals surface area contributed by atoms with Gasteiger partial charge in [0.2, 0.25) is 0 Å². The minimum absolute atomic E-state index is 0.127. The maximum absolute atomic E-state index is 13.6. The van der Waals surface area contributed by atoms with Crippen LogP contribution in [-0.4, -0.2) is 9.91 Å². The molecule has 19 heavy (non-hydrogen) atoms. The topological polar surface area (TPSA) is 65.3 Å². The Labute approximate surface area is 116 Å². The second kappa shape index (κ2) is 5.31. The summed E-state index contributed by atoms with van der Waals surface area (Å²) in [6.45, 7) is 1.70. The minimum Gasteiger partial charge on any atom is -0.436 e. The summed E-state index contributed by atoms with van der Waals surface area (Å²) in [4.78, 5) is 13.9. The highest BCUT2D eigenvalue weighted by Gasteiger charge is 2.13. The van der Waals surface area contributed by atoms with Crippen LogP contribution in [0.5, 0.6) is 11.6 Å². The van der Waals surface area contributed by atoms with Gasteiger partial charge in [0.15, 0.2) is 5.82 Å². The molecule has 0 aliphatic rings. The van der Waals surface area contributed by atoms with Crippen LogP contribution in [0.1, 0.15) is 5.56 Å². The van der Waals surface area contributed by atoms with Crippen molar-refractivity contribution in [2.75, 3.05) is 0 Å². The van der Waals surface area contributed by atoms with Gasteiger partial charge in [-0.1, -0.05) is 0 Å². The lowest BCUT2D eigenvalue weighted by molar-refractivity contribution is -0.384. The van der Waals surface area contributed by atoms with Gasteiger partial charge < -0.3 is 4.74 Å². The lowest BCUT2D eigenvalue weighted by atomic mass is 10.2. The van der Waals surface area contributed by atoms with E-state index in [-0.39, 0.29) is 17.3 Å². The number of rotatable bonds is 3. The van der Waals surface area contributed by atoms with Crippen LogP contribution in [0.25, 0.3) is 0 Å². The number of halogens is 2. The molecule has 0 N–H and O–H groups in total. The Bertz CT molecular complexity index is 649. The molecule has 1 aromatic carbocycles. The molecule has 2 aromatic rings. The molecule has 0 saturated carbocycles. The Morgan fingerprint density at radius 1 is 1.42 bits per heavy atom. The molecule has 1 heterocycles. The minimum atomic E-state index is -0.653. The molecule has 0 unspecified atom stereocenters. The summed E-state index contributed by atoms with van der Waals surface area (Å²) in [7, 11) is 0. The number of hydrogen-bond donors (Lipinski definition) is 0. The van der Waals surface area contributed by atoms with E-state index >= 15 is 0 Å². The van der Waals surface area contributed by atoms with Crippen molar-refractivity contribution in [1.29, 1.82) is 0 Å². The quantitative estimate of drug-likeness (QED) is 0.631. The van der Waals surface area contributed by atoms with Crippen molar-refractivity contribution < 1.29 is 14.1 Å². The maximum atomic E-state index is 13.6. The summed E-state index contributed by atoms with van der Waals surface area (Å²) in [6, 6.07) is 5.32. The normalized spacial score (nSPS) is 10.3. The first-order valence-corrected chi connectivity index (χ1v) is 6.00. The fourth-order valence-corrected chi connectivity index (χ4v) is 1.70. The number of nitro groups is 1. The predicted octanol–water partition coefficient (Wildman–Crippen LogP) is 3.99. The molecular weight excluding hydrogens is 319 g/mol. The number of benzene rings is 1. The van der Waals surface area contributed by atoms with Gasteiger partial charge in [-0.05, 0) is 40.5 Å². The van der Waals surface area contributed by atoms with Crippen LogP contribution in [0, 0.1) is 22.9 Å². The first-order valence-electron chi connectivity index (χ1n) is 5.21. The molecule has 0 aliphatic carbocycles. The highest BCUT2D eigenvalue weighted by atomic mass is 79.9. The second-order valence-electron chi connectivity index (χ2n) is 3.75. The van der Waals surface area contributed by atoms with Crippen molar-refractivity contribution in [2.45, 2.75) is 6.92 Å². The average Bonchev–Trinajstić information content (AvgIpc) is 2.34. The first kappa shape index (κ1) is 13.4. The summed E-state index contributed by atoms with van der Waals surface area (Å²) in [6.07, 6.45) is 1.38. The summed E-state index contributed by atoms with van der Waals surface area (Å²) in [5.41, 5.74) is 0.521. The van der Waals surface area contributed by atoms with Crippen LogP contribution in [0.15, 0.2) is 34.9 Å². The highest BCUT2D eigenvalue weighted by Crippen LogP contribution is 2.29. The molecule has 0 saturated heterocycles. The van der Waals surface area contributed by atoms with Gasteiger partial charge in [-0.25, -0.2) is 9.37 Å². The fourth-order valence-electron chi connectivity index (χ4n) is 1.39. The molecule has 0 fully saturated rings. The smallest absolute Gasteiger partial charge is 0.273 e. The number of hydrogen-bond acceptors (Lipinski definition) is 4. The molecule has 0 radical (unpaired) electrons. The zero-order valence-corrected chi connectivity index (χ0v) is 11.3. The Balaban J connectivity index is 2.37. The Hall–Kier alpha value is -2.02. The molecule has 0 atom stereocenters. The molecule has 1 aromatic heterocycles. The summed E-state index contributed by atoms with van der Waals surface area (Å²) >= 11 is 3.08. The fraction of sp³-hybridized carbons (Fsp3) is 0.0833.